The number of hydrogen-bond donors (Lipinski definition) is 0. The van der Waals surface area contributed by atoms with Gasteiger partial charge in [-0.2, -0.15) is 0 Å². The third-order valence-corrected chi connectivity index (χ3v) is 2.52. The highest BCUT2D eigenvalue weighted by atomic mass is 79.9. The number of aromatic nitrogens is 1. The molecule has 1 aromatic heterocycles. The zero-order chi connectivity index (χ0) is 10.7. The van der Waals surface area contributed by atoms with Crippen molar-refractivity contribution in [2.75, 3.05) is 0 Å². The molecule has 0 bridgehead atoms. The molecule has 0 N–H and O–H groups in total. The number of nitrogens with zero attached hydrogens (tertiary/aromatic N) is 2. The Balaban J connectivity index is 2.18. The summed E-state index contributed by atoms with van der Waals surface area (Å²) in [5.74, 6) is 0. The maximum atomic E-state index is 4.38. The minimum Gasteiger partial charge on any atom is -0.357 e. The van der Waals surface area contributed by atoms with E-state index < -0.39 is 0 Å². The lowest BCUT2D eigenvalue weighted by Gasteiger charge is -1.93. The molecule has 0 saturated carbocycles. The van der Waals surface area contributed by atoms with Crippen molar-refractivity contribution in [2.45, 2.75) is 0 Å². The first-order valence-corrected chi connectivity index (χ1v) is 5.45. The molecule has 0 atom stereocenters. The van der Waals surface area contributed by atoms with Gasteiger partial charge in [0.05, 0.1) is 5.69 Å². The Morgan fingerprint density at radius 2 is 2.20 bits per heavy atom. The first-order valence-electron chi connectivity index (χ1n) is 4.66. The van der Waals surface area contributed by atoms with E-state index in [1.165, 1.54) is 0 Å². The van der Waals surface area contributed by atoms with Crippen LogP contribution in [0.25, 0.3) is 0 Å². The van der Waals surface area contributed by atoms with E-state index in [0.29, 0.717) is 0 Å². The predicted molar refractivity (Wildman–Crippen MR) is 66.8 cm³/mol. The highest BCUT2D eigenvalue weighted by molar-refractivity contribution is 9.10. The molecule has 0 unspecified atom stereocenters. The molecule has 0 fully saturated rings. The van der Waals surface area contributed by atoms with E-state index in [0.717, 1.165) is 15.7 Å². The first kappa shape index (κ1) is 10.2. The van der Waals surface area contributed by atoms with Crippen molar-refractivity contribution in [1.29, 1.82) is 0 Å². The first-order chi connectivity index (χ1) is 7.24. The van der Waals surface area contributed by atoms with Crippen molar-refractivity contribution in [2.24, 2.45) is 12.0 Å². The maximum absolute atomic E-state index is 4.38. The van der Waals surface area contributed by atoms with E-state index in [9.17, 15) is 0 Å². The standard InChI is InChI=1S/C12H11BrN2/c1-15-6-5-10(9-15)8-14-12-4-2-3-11(13)7-12/h2-9H,1H3. The highest BCUT2D eigenvalue weighted by Crippen LogP contribution is 2.18. The summed E-state index contributed by atoms with van der Waals surface area (Å²) in [4.78, 5) is 4.38. The predicted octanol–water partition coefficient (Wildman–Crippen LogP) is 3.54. The van der Waals surface area contributed by atoms with Crippen LogP contribution in [0.1, 0.15) is 5.56 Å². The van der Waals surface area contributed by atoms with Gasteiger partial charge in [0.1, 0.15) is 0 Å². The molecule has 1 heterocycles. The number of benzene rings is 1. The van der Waals surface area contributed by atoms with E-state index >= 15 is 0 Å². The van der Waals surface area contributed by atoms with E-state index in [1.807, 2.05) is 60.6 Å². The van der Waals surface area contributed by atoms with Crippen LogP contribution in [0.5, 0.6) is 0 Å². The van der Waals surface area contributed by atoms with Crippen LogP contribution in [-0.4, -0.2) is 10.8 Å². The Morgan fingerprint density at radius 1 is 1.33 bits per heavy atom. The lowest BCUT2D eigenvalue weighted by Crippen LogP contribution is -1.79. The van der Waals surface area contributed by atoms with Gasteiger partial charge in [-0.1, -0.05) is 22.0 Å². The van der Waals surface area contributed by atoms with Crippen LogP contribution in [0.3, 0.4) is 0 Å². The van der Waals surface area contributed by atoms with Crippen molar-refractivity contribution < 1.29 is 0 Å². The van der Waals surface area contributed by atoms with Crippen LogP contribution in [0.4, 0.5) is 5.69 Å². The molecule has 0 aliphatic heterocycles. The van der Waals surface area contributed by atoms with E-state index in [2.05, 4.69) is 20.9 Å². The lowest BCUT2D eigenvalue weighted by atomic mass is 10.3. The summed E-state index contributed by atoms with van der Waals surface area (Å²) in [5, 5.41) is 0. The summed E-state index contributed by atoms with van der Waals surface area (Å²) in [6.07, 6.45) is 5.89. The van der Waals surface area contributed by atoms with Crippen molar-refractivity contribution in [3.63, 3.8) is 0 Å². The van der Waals surface area contributed by atoms with E-state index in [4.69, 9.17) is 0 Å². The van der Waals surface area contributed by atoms with Crippen molar-refractivity contribution in [3.8, 4) is 0 Å². The van der Waals surface area contributed by atoms with Crippen molar-refractivity contribution in [1.82, 2.24) is 4.57 Å². The summed E-state index contributed by atoms with van der Waals surface area (Å²) in [5.41, 5.74) is 2.06. The van der Waals surface area contributed by atoms with Gasteiger partial charge in [0.15, 0.2) is 0 Å². The second-order valence-corrected chi connectivity index (χ2v) is 4.26. The molecular weight excluding hydrogens is 252 g/mol. The number of rotatable bonds is 2. The molecule has 2 nitrogen and oxygen atoms in total. The Bertz CT molecular complexity index is 486. The highest BCUT2D eigenvalue weighted by Gasteiger charge is 1.91. The molecule has 2 rings (SSSR count). The Labute approximate surface area is 97.4 Å². The zero-order valence-electron chi connectivity index (χ0n) is 8.39. The van der Waals surface area contributed by atoms with Crippen molar-refractivity contribution in [3.05, 3.63) is 52.8 Å². The average molecular weight is 263 g/mol. The summed E-state index contributed by atoms with van der Waals surface area (Å²) >= 11 is 3.41. The van der Waals surface area contributed by atoms with Gasteiger partial charge in [-0.25, -0.2) is 0 Å². The van der Waals surface area contributed by atoms with Crippen LogP contribution in [0.15, 0.2) is 52.2 Å². The Morgan fingerprint density at radius 3 is 2.87 bits per heavy atom. The second-order valence-electron chi connectivity index (χ2n) is 3.35. The minimum atomic E-state index is 0.952. The smallest absolute Gasteiger partial charge is 0.0641 e. The Hall–Kier alpha value is -1.35. The van der Waals surface area contributed by atoms with Gasteiger partial charge in [-0.3, -0.25) is 4.99 Å². The van der Waals surface area contributed by atoms with Crippen LogP contribution in [-0.2, 0) is 7.05 Å². The van der Waals surface area contributed by atoms with Gasteiger partial charge in [-0.15, -0.1) is 0 Å². The summed E-state index contributed by atoms with van der Waals surface area (Å²) in [7, 11) is 2.00. The molecular formula is C12H11BrN2. The van der Waals surface area contributed by atoms with E-state index in [1.54, 1.807) is 0 Å². The molecule has 0 radical (unpaired) electrons. The molecule has 15 heavy (non-hydrogen) atoms. The van der Waals surface area contributed by atoms with Crippen molar-refractivity contribution >= 4 is 27.8 Å². The van der Waals surface area contributed by atoms with Crippen LogP contribution in [0.2, 0.25) is 0 Å². The number of aliphatic imine (C=N–C) groups is 1. The van der Waals surface area contributed by atoms with Gasteiger partial charge >= 0.3 is 0 Å². The van der Waals surface area contributed by atoms with Crippen LogP contribution >= 0.6 is 15.9 Å². The fraction of sp³-hybridized carbons (Fsp3) is 0.0833. The molecule has 0 saturated heterocycles. The topological polar surface area (TPSA) is 17.3 Å². The summed E-state index contributed by atoms with van der Waals surface area (Å²) < 4.78 is 3.05. The van der Waals surface area contributed by atoms with Crippen LogP contribution in [0, 0.1) is 0 Å². The number of aryl methyl sites for hydroxylation is 1. The van der Waals surface area contributed by atoms with Gasteiger partial charge < -0.3 is 4.57 Å². The van der Waals surface area contributed by atoms with Crippen LogP contribution < -0.4 is 0 Å². The average Bonchev–Trinajstić information content (AvgIpc) is 2.62. The summed E-state index contributed by atoms with van der Waals surface area (Å²) in [6.45, 7) is 0. The lowest BCUT2D eigenvalue weighted by molar-refractivity contribution is 0.927. The fourth-order valence-electron chi connectivity index (χ4n) is 1.31. The summed E-state index contributed by atoms with van der Waals surface area (Å²) in [6, 6.07) is 9.95. The normalized spacial score (nSPS) is 11.1. The van der Waals surface area contributed by atoms with Gasteiger partial charge in [0.2, 0.25) is 0 Å². The largest absolute Gasteiger partial charge is 0.357 e. The maximum Gasteiger partial charge on any atom is 0.0641 e. The fourth-order valence-corrected chi connectivity index (χ4v) is 1.69. The zero-order valence-corrected chi connectivity index (χ0v) is 9.98. The third kappa shape index (κ3) is 2.80. The van der Waals surface area contributed by atoms with Gasteiger partial charge in [0, 0.05) is 35.7 Å². The molecule has 0 amide bonds. The van der Waals surface area contributed by atoms with Gasteiger partial charge in [-0.05, 0) is 24.3 Å². The molecule has 2 aromatic rings. The number of halogens is 1. The SMILES string of the molecule is Cn1ccc(C=Nc2cccc(Br)c2)c1. The third-order valence-electron chi connectivity index (χ3n) is 2.03. The minimum absolute atomic E-state index is 0.952. The molecule has 1 aromatic carbocycles. The Kier molecular flexibility index (Phi) is 3.02. The molecule has 76 valence electrons. The van der Waals surface area contributed by atoms with E-state index in [-0.39, 0.29) is 0 Å². The molecule has 0 aliphatic rings. The second kappa shape index (κ2) is 4.45. The monoisotopic (exact) mass is 262 g/mol. The number of hydrogen-bond acceptors (Lipinski definition) is 1. The van der Waals surface area contributed by atoms with Gasteiger partial charge in [0.25, 0.3) is 0 Å². The molecule has 3 heteroatoms. The molecule has 0 spiro atoms. The molecule has 0 aliphatic carbocycles. The quantitative estimate of drug-likeness (QED) is 0.737.